The Kier molecular flexibility index (Phi) is 6.95. The van der Waals surface area contributed by atoms with Crippen LogP contribution in [0, 0.1) is 5.92 Å². The van der Waals surface area contributed by atoms with Gasteiger partial charge in [0.2, 0.25) is 11.8 Å². The van der Waals surface area contributed by atoms with E-state index in [-0.39, 0.29) is 29.7 Å². The van der Waals surface area contributed by atoms with E-state index in [1.165, 1.54) is 6.08 Å². The number of hydrogen-bond acceptors (Lipinski definition) is 4. The number of anilines is 1. The van der Waals surface area contributed by atoms with E-state index in [1.807, 2.05) is 31.2 Å². The number of amides is 3. The first-order valence-corrected chi connectivity index (χ1v) is 10.0. The molecule has 1 fully saturated rings. The second-order valence-corrected chi connectivity index (χ2v) is 7.35. The zero-order valence-corrected chi connectivity index (χ0v) is 17.0. The van der Waals surface area contributed by atoms with Crippen LogP contribution in [-0.2, 0) is 9.59 Å². The molecular formula is C23H26N4O3. The SMILES string of the molecule is C=CC(=O)N1CCC(C(=O)NC(C)c2ccc(NC(=O)c3ccncc3)cc2)CC1. The summed E-state index contributed by atoms with van der Waals surface area (Å²) in [6.07, 6.45) is 5.76. The lowest BCUT2D eigenvalue weighted by Crippen LogP contribution is -2.42. The summed E-state index contributed by atoms with van der Waals surface area (Å²) >= 11 is 0. The molecule has 1 saturated heterocycles. The number of piperidine rings is 1. The Morgan fingerprint density at radius 2 is 1.73 bits per heavy atom. The average Bonchev–Trinajstić information content (AvgIpc) is 2.79. The van der Waals surface area contributed by atoms with Gasteiger partial charge in [-0.15, -0.1) is 0 Å². The van der Waals surface area contributed by atoms with Gasteiger partial charge in [0.1, 0.15) is 0 Å². The molecule has 0 radical (unpaired) electrons. The minimum absolute atomic E-state index is 0.00303. The van der Waals surface area contributed by atoms with E-state index in [4.69, 9.17) is 0 Å². The molecule has 0 aliphatic carbocycles. The summed E-state index contributed by atoms with van der Waals surface area (Å²) in [5.41, 5.74) is 2.17. The number of likely N-dealkylation sites (tertiary alicyclic amines) is 1. The van der Waals surface area contributed by atoms with E-state index in [9.17, 15) is 14.4 Å². The Labute approximate surface area is 176 Å². The van der Waals surface area contributed by atoms with Crippen molar-refractivity contribution in [1.82, 2.24) is 15.2 Å². The van der Waals surface area contributed by atoms with Crippen LogP contribution < -0.4 is 10.6 Å². The number of carbonyl (C=O) groups excluding carboxylic acids is 3. The average molecular weight is 406 g/mol. The Hall–Kier alpha value is -3.48. The van der Waals surface area contributed by atoms with Gasteiger partial charge in [-0.05, 0) is 55.7 Å². The van der Waals surface area contributed by atoms with Crippen molar-refractivity contribution in [2.75, 3.05) is 18.4 Å². The number of aromatic nitrogens is 1. The molecule has 1 atom stereocenters. The summed E-state index contributed by atoms with van der Waals surface area (Å²) in [5.74, 6) is -0.380. The van der Waals surface area contributed by atoms with Crippen molar-refractivity contribution < 1.29 is 14.4 Å². The molecule has 0 bridgehead atoms. The Morgan fingerprint density at radius 1 is 1.10 bits per heavy atom. The molecule has 7 heteroatoms. The maximum atomic E-state index is 12.6. The lowest BCUT2D eigenvalue weighted by molar-refractivity contribution is -0.132. The van der Waals surface area contributed by atoms with Crippen LogP contribution in [0.3, 0.4) is 0 Å². The van der Waals surface area contributed by atoms with Crippen LogP contribution in [0.5, 0.6) is 0 Å². The van der Waals surface area contributed by atoms with Crippen LogP contribution in [-0.4, -0.2) is 40.7 Å². The molecule has 1 aromatic heterocycles. The predicted molar refractivity (Wildman–Crippen MR) is 115 cm³/mol. The van der Waals surface area contributed by atoms with E-state index >= 15 is 0 Å². The van der Waals surface area contributed by atoms with E-state index in [1.54, 1.807) is 29.4 Å². The first kappa shape index (κ1) is 21.2. The molecule has 2 aromatic rings. The third kappa shape index (κ3) is 5.31. The van der Waals surface area contributed by atoms with Gasteiger partial charge in [0, 0.05) is 42.7 Å². The molecule has 1 aliphatic rings. The normalized spacial score (nSPS) is 15.2. The summed E-state index contributed by atoms with van der Waals surface area (Å²) in [4.78, 5) is 42.1. The second kappa shape index (κ2) is 9.82. The summed E-state index contributed by atoms with van der Waals surface area (Å²) in [6.45, 7) is 6.58. The van der Waals surface area contributed by atoms with Gasteiger partial charge in [-0.2, -0.15) is 0 Å². The molecule has 0 saturated carbocycles. The first-order valence-electron chi connectivity index (χ1n) is 10.0. The summed E-state index contributed by atoms with van der Waals surface area (Å²) in [5, 5.41) is 5.89. The molecule has 30 heavy (non-hydrogen) atoms. The fourth-order valence-electron chi connectivity index (χ4n) is 3.47. The number of rotatable bonds is 6. The number of pyridine rings is 1. The zero-order chi connectivity index (χ0) is 21.5. The van der Waals surface area contributed by atoms with E-state index in [0.29, 0.717) is 37.2 Å². The number of nitrogens with zero attached hydrogens (tertiary/aromatic N) is 2. The van der Waals surface area contributed by atoms with E-state index in [2.05, 4.69) is 22.2 Å². The fraction of sp³-hybridized carbons (Fsp3) is 0.304. The van der Waals surface area contributed by atoms with Gasteiger partial charge in [-0.1, -0.05) is 18.7 Å². The van der Waals surface area contributed by atoms with Gasteiger partial charge in [0.15, 0.2) is 0 Å². The molecule has 3 rings (SSSR count). The molecule has 7 nitrogen and oxygen atoms in total. The highest BCUT2D eigenvalue weighted by Gasteiger charge is 2.27. The number of hydrogen-bond donors (Lipinski definition) is 2. The van der Waals surface area contributed by atoms with Crippen LogP contribution in [0.25, 0.3) is 0 Å². The molecule has 2 heterocycles. The van der Waals surface area contributed by atoms with Crippen molar-refractivity contribution >= 4 is 23.4 Å². The third-order valence-electron chi connectivity index (χ3n) is 5.32. The van der Waals surface area contributed by atoms with Gasteiger partial charge in [0.25, 0.3) is 5.91 Å². The fourth-order valence-corrected chi connectivity index (χ4v) is 3.47. The maximum absolute atomic E-state index is 12.6. The highest BCUT2D eigenvalue weighted by molar-refractivity contribution is 6.04. The van der Waals surface area contributed by atoms with Gasteiger partial charge < -0.3 is 15.5 Å². The molecule has 156 valence electrons. The lowest BCUT2D eigenvalue weighted by atomic mass is 9.95. The van der Waals surface area contributed by atoms with Crippen LogP contribution in [0.1, 0.15) is 41.7 Å². The molecule has 0 spiro atoms. The van der Waals surface area contributed by atoms with Crippen LogP contribution in [0.15, 0.2) is 61.4 Å². The minimum atomic E-state index is -0.201. The minimum Gasteiger partial charge on any atom is -0.349 e. The Bertz CT molecular complexity index is 904. The summed E-state index contributed by atoms with van der Waals surface area (Å²) in [6, 6.07) is 10.6. The topological polar surface area (TPSA) is 91.4 Å². The first-order chi connectivity index (χ1) is 14.5. The van der Waals surface area contributed by atoms with Crippen LogP contribution in [0.2, 0.25) is 0 Å². The Balaban J connectivity index is 1.51. The van der Waals surface area contributed by atoms with Crippen LogP contribution >= 0.6 is 0 Å². The largest absolute Gasteiger partial charge is 0.349 e. The summed E-state index contributed by atoms with van der Waals surface area (Å²) < 4.78 is 0. The van der Waals surface area contributed by atoms with Crippen molar-refractivity contribution in [3.05, 3.63) is 72.6 Å². The second-order valence-electron chi connectivity index (χ2n) is 7.35. The number of nitrogens with one attached hydrogen (secondary N) is 2. The van der Waals surface area contributed by atoms with Crippen molar-refractivity contribution in [2.24, 2.45) is 5.92 Å². The quantitative estimate of drug-likeness (QED) is 0.722. The smallest absolute Gasteiger partial charge is 0.255 e. The maximum Gasteiger partial charge on any atom is 0.255 e. The van der Waals surface area contributed by atoms with Gasteiger partial charge in [-0.3, -0.25) is 19.4 Å². The zero-order valence-electron chi connectivity index (χ0n) is 17.0. The van der Waals surface area contributed by atoms with Crippen molar-refractivity contribution in [3.63, 3.8) is 0 Å². The highest BCUT2D eigenvalue weighted by atomic mass is 16.2. The van der Waals surface area contributed by atoms with Crippen molar-refractivity contribution in [3.8, 4) is 0 Å². The standard InChI is InChI=1S/C23H26N4O3/c1-3-21(28)27-14-10-19(11-15-27)22(29)25-16(2)17-4-6-20(7-5-17)26-23(30)18-8-12-24-13-9-18/h3-9,12-13,16,19H,1,10-11,14-15H2,2H3,(H,25,29)(H,26,30). The lowest BCUT2D eigenvalue weighted by Gasteiger charge is -2.31. The van der Waals surface area contributed by atoms with Crippen LogP contribution in [0.4, 0.5) is 5.69 Å². The molecule has 2 N–H and O–H groups in total. The van der Waals surface area contributed by atoms with Gasteiger partial charge in [0.05, 0.1) is 6.04 Å². The highest BCUT2D eigenvalue weighted by Crippen LogP contribution is 2.21. The monoisotopic (exact) mass is 406 g/mol. The van der Waals surface area contributed by atoms with Crippen molar-refractivity contribution in [2.45, 2.75) is 25.8 Å². The summed E-state index contributed by atoms with van der Waals surface area (Å²) in [7, 11) is 0. The molecule has 1 unspecified atom stereocenters. The van der Waals surface area contributed by atoms with E-state index < -0.39 is 0 Å². The molecule has 1 aliphatic heterocycles. The number of benzene rings is 1. The molecule has 1 aromatic carbocycles. The molecule has 3 amide bonds. The van der Waals surface area contributed by atoms with Crippen molar-refractivity contribution in [1.29, 1.82) is 0 Å². The Morgan fingerprint density at radius 3 is 2.33 bits per heavy atom. The van der Waals surface area contributed by atoms with Gasteiger partial charge in [-0.25, -0.2) is 0 Å². The predicted octanol–water partition coefficient (Wildman–Crippen LogP) is 2.94. The molecular weight excluding hydrogens is 380 g/mol. The van der Waals surface area contributed by atoms with Gasteiger partial charge >= 0.3 is 0 Å². The van der Waals surface area contributed by atoms with E-state index in [0.717, 1.165) is 5.56 Å². The third-order valence-corrected chi connectivity index (χ3v) is 5.32. The number of carbonyl (C=O) groups is 3.